The van der Waals surface area contributed by atoms with Gasteiger partial charge in [0.15, 0.2) is 0 Å². The van der Waals surface area contributed by atoms with Crippen LogP contribution in [0.1, 0.15) is 38.3 Å². The molecule has 0 aliphatic heterocycles. The highest BCUT2D eigenvalue weighted by molar-refractivity contribution is 5.23. The monoisotopic (exact) mass is 231 g/mol. The van der Waals surface area contributed by atoms with Gasteiger partial charge in [-0.05, 0) is 18.8 Å². The quantitative estimate of drug-likeness (QED) is 0.842. The number of halogens is 3. The minimum Gasteiger partial charge on any atom is -0.324 e. The molecule has 0 saturated carbocycles. The summed E-state index contributed by atoms with van der Waals surface area (Å²) in [6, 6.07) is 0.601. The first-order valence-corrected chi connectivity index (χ1v) is 5.31. The Morgan fingerprint density at radius 2 is 1.56 bits per heavy atom. The van der Waals surface area contributed by atoms with Gasteiger partial charge in [0.05, 0.1) is 0 Å². The van der Waals surface area contributed by atoms with E-state index in [1.807, 2.05) is 13.8 Å². The molecule has 1 aromatic rings. The molecule has 0 aromatic heterocycles. The summed E-state index contributed by atoms with van der Waals surface area (Å²) in [6.45, 7) is 4.01. The van der Waals surface area contributed by atoms with Crippen molar-refractivity contribution in [2.45, 2.75) is 32.7 Å². The van der Waals surface area contributed by atoms with Crippen molar-refractivity contribution in [2.24, 2.45) is 11.7 Å². The number of hydrogen-bond donors (Lipinski definition) is 1. The summed E-state index contributed by atoms with van der Waals surface area (Å²) in [4.78, 5) is 0. The van der Waals surface area contributed by atoms with Gasteiger partial charge in [0.2, 0.25) is 0 Å². The van der Waals surface area contributed by atoms with E-state index in [0.717, 1.165) is 6.42 Å². The Labute approximate surface area is 93.5 Å². The highest BCUT2D eigenvalue weighted by Crippen LogP contribution is 2.24. The van der Waals surface area contributed by atoms with Crippen molar-refractivity contribution < 1.29 is 13.2 Å². The molecule has 0 fully saturated rings. The van der Waals surface area contributed by atoms with E-state index in [1.54, 1.807) is 0 Å². The van der Waals surface area contributed by atoms with Gasteiger partial charge in [-0.1, -0.05) is 13.8 Å². The van der Waals surface area contributed by atoms with Gasteiger partial charge in [-0.2, -0.15) is 0 Å². The Hall–Kier alpha value is -1.03. The van der Waals surface area contributed by atoms with E-state index in [1.165, 1.54) is 0 Å². The lowest BCUT2D eigenvalue weighted by Gasteiger charge is -2.15. The smallest absolute Gasteiger partial charge is 0.133 e. The molecule has 0 saturated heterocycles. The number of nitrogens with two attached hydrogens (primary N) is 1. The van der Waals surface area contributed by atoms with E-state index in [-0.39, 0.29) is 5.56 Å². The van der Waals surface area contributed by atoms with Gasteiger partial charge in [-0.25, -0.2) is 13.2 Å². The SMILES string of the molecule is CC(C)CC[C@H](N)c1c(F)cc(F)cc1F. The predicted molar refractivity (Wildman–Crippen MR) is 57.3 cm³/mol. The lowest BCUT2D eigenvalue weighted by Crippen LogP contribution is -2.15. The maximum Gasteiger partial charge on any atom is 0.133 e. The number of hydrogen-bond acceptors (Lipinski definition) is 1. The second-order valence-electron chi connectivity index (χ2n) is 4.36. The van der Waals surface area contributed by atoms with Crippen molar-refractivity contribution in [1.82, 2.24) is 0 Å². The molecule has 1 atom stereocenters. The summed E-state index contributed by atoms with van der Waals surface area (Å²) >= 11 is 0. The fourth-order valence-corrected chi connectivity index (χ4v) is 1.56. The van der Waals surface area contributed by atoms with Crippen LogP contribution in [0.15, 0.2) is 12.1 Å². The molecule has 1 nitrogen and oxygen atoms in total. The van der Waals surface area contributed by atoms with Crippen LogP contribution in [0.2, 0.25) is 0 Å². The molecule has 90 valence electrons. The molecule has 0 unspecified atom stereocenters. The van der Waals surface area contributed by atoms with Crippen molar-refractivity contribution in [3.63, 3.8) is 0 Å². The summed E-state index contributed by atoms with van der Waals surface area (Å²) in [7, 11) is 0. The third-order valence-electron chi connectivity index (χ3n) is 2.47. The summed E-state index contributed by atoms with van der Waals surface area (Å²) in [5.74, 6) is -2.32. The molecular weight excluding hydrogens is 215 g/mol. The van der Waals surface area contributed by atoms with Crippen LogP contribution in [-0.4, -0.2) is 0 Å². The van der Waals surface area contributed by atoms with E-state index < -0.39 is 23.5 Å². The first-order chi connectivity index (χ1) is 7.41. The van der Waals surface area contributed by atoms with Gasteiger partial charge in [0.1, 0.15) is 17.5 Å². The minimum atomic E-state index is -0.921. The molecule has 0 amide bonds. The van der Waals surface area contributed by atoms with Crippen LogP contribution < -0.4 is 5.73 Å². The number of benzene rings is 1. The van der Waals surface area contributed by atoms with Crippen LogP contribution in [0, 0.1) is 23.4 Å². The Bertz CT molecular complexity index is 340. The first-order valence-electron chi connectivity index (χ1n) is 5.31. The van der Waals surface area contributed by atoms with E-state index in [0.29, 0.717) is 24.5 Å². The van der Waals surface area contributed by atoms with Gasteiger partial charge in [-0.3, -0.25) is 0 Å². The van der Waals surface area contributed by atoms with Crippen LogP contribution in [0.5, 0.6) is 0 Å². The Balaban J connectivity index is 2.86. The largest absolute Gasteiger partial charge is 0.324 e. The molecule has 0 aliphatic rings. The molecule has 0 aliphatic carbocycles. The molecule has 0 heterocycles. The second kappa shape index (κ2) is 5.34. The average molecular weight is 231 g/mol. The molecule has 4 heteroatoms. The van der Waals surface area contributed by atoms with Crippen molar-refractivity contribution in [1.29, 1.82) is 0 Å². The molecule has 2 N–H and O–H groups in total. The van der Waals surface area contributed by atoms with Crippen molar-refractivity contribution in [2.75, 3.05) is 0 Å². The van der Waals surface area contributed by atoms with Crippen molar-refractivity contribution in [3.8, 4) is 0 Å². The van der Waals surface area contributed by atoms with Gasteiger partial charge in [-0.15, -0.1) is 0 Å². The molecular formula is C12H16F3N. The molecule has 0 spiro atoms. The predicted octanol–water partition coefficient (Wildman–Crippen LogP) is 3.54. The fraction of sp³-hybridized carbons (Fsp3) is 0.500. The highest BCUT2D eigenvalue weighted by Gasteiger charge is 2.18. The maximum atomic E-state index is 13.3. The minimum absolute atomic E-state index is 0.220. The first kappa shape index (κ1) is 13.0. The van der Waals surface area contributed by atoms with Gasteiger partial charge >= 0.3 is 0 Å². The van der Waals surface area contributed by atoms with Crippen LogP contribution in [0.25, 0.3) is 0 Å². The van der Waals surface area contributed by atoms with Gasteiger partial charge in [0, 0.05) is 23.7 Å². The maximum absolute atomic E-state index is 13.3. The van der Waals surface area contributed by atoms with Gasteiger partial charge < -0.3 is 5.73 Å². The standard InChI is InChI=1S/C12H16F3N/c1-7(2)3-4-11(16)12-9(14)5-8(13)6-10(12)15/h5-7,11H,3-4,16H2,1-2H3/t11-/m0/s1. The topological polar surface area (TPSA) is 26.0 Å². The van der Waals surface area contributed by atoms with E-state index >= 15 is 0 Å². The van der Waals surface area contributed by atoms with Crippen molar-refractivity contribution >= 4 is 0 Å². The average Bonchev–Trinajstić information content (AvgIpc) is 2.12. The summed E-state index contributed by atoms with van der Waals surface area (Å²) in [5, 5.41) is 0. The zero-order chi connectivity index (χ0) is 12.3. The molecule has 0 bridgehead atoms. The molecule has 16 heavy (non-hydrogen) atoms. The van der Waals surface area contributed by atoms with Gasteiger partial charge in [0.25, 0.3) is 0 Å². The summed E-state index contributed by atoms with van der Waals surface area (Å²) < 4.78 is 39.3. The summed E-state index contributed by atoms with van der Waals surface area (Å²) in [6.07, 6.45) is 1.26. The van der Waals surface area contributed by atoms with Crippen LogP contribution in [-0.2, 0) is 0 Å². The summed E-state index contributed by atoms with van der Waals surface area (Å²) in [5.41, 5.74) is 5.47. The number of rotatable bonds is 4. The normalized spacial score (nSPS) is 13.2. The third-order valence-corrected chi connectivity index (χ3v) is 2.47. The Morgan fingerprint density at radius 3 is 2.00 bits per heavy atom. The van der Waals surface area contributed by atoms with Crippen molar-refractivity contribution in [3.05, 3.63) is 35.1 Å². The zero-order valence-corrected chi connectivity index (χ0v) is 9.43. The lowest BCUT2D eigenvalue weighted by atomic mass is 9.97. The highest BCUT2D eigenvalue weighted by atomic mass is 19.1. The van der Waals surface area contributed by atoms with Crippen LogP contribution in [0.4, 0.5) is 13.2 Å². The fourth-order valence-electron chi connectivity index (χ4n) is 1.56. The zero-order valence-electron chi connectivity index (χ0n) is 9.43. The van der Waals surface area contributed by atoms with Crippen LogP contribution in [0.3, 0.4) is 0 Å². The van der Waals surface area contributed by atoms with E-state index in [4.69, 9.17) is 5.73 Å². The third kappa shape index (κ3) is 3.23. The molecule has 1 rings (SSSR count). The van der Waals surface area contributed by atoms with Crippen LogP contribution >= 0.6 is 0 Å². The Morgan fingerprint density at radius 1 is 1.06 bits per heavy atom. The molecule has 0 radical (unpaired) electrons. The Kier molecular flexibility index (Phi) is 4.35. The van der Waals surface area contributed by atoms with E-state index in [2.05, 4.69) is 0 Å². The second-order valence-corrected chi connectivity index (χ2v) is 4.36. The lowest BCUT2D eigenvalue weighted by molar-refractivity contribution is 0.460. The molecule has 1 aromatic carbocycles. The van der Waals surface area contributed by atoms with E-state index in [9.17, 15) is 13.2 Å².